The molecule has 0 saturated carbocycles. The highest BCUT2D eigenvalue weighted by atomic mass is 32.1. The van der Waals surface area contributed by atoms with Gasteiger partial charge < -0.3 is 4.74 Å². The van der Waals surface area contributed by atoms with Gasteiger partial charge >= 0.3 is 0 Å². The molecule has 0 spiro atoms. The number of carbonyl (C=O) groups is 2. The minimum atomic E-state index is -0.499. The second kappa shape index (κ2) is 8.57. The first-order chi connectivity index (χ1) is 13.8. The van der Waals surface area contributed by atoms with E-state index in [1.807, 2.05) is 63.2 Å². The van der Waals surface area contributed by atoms with Crippen LogP contribution in [0, 0.1) is 13.8 Å². The number of nitrogens with zero attached hydrogens (tertiary/aromatic N) is 1. The lowest BCUT2D eigenvalue weighted by atomic mass is 10.0. The quantitative estimate of drug-likeness (QED) is 0.455. The molecule has 0 aromatic heterocycles. The number of rotatable bonds is 5. The first-order valence-corrected chi connectivity index (χ1v) is 9.96. The van der Waals surface area contributed by atoms with Crippen LogP contribution < -0.4 is 15.0 Å². The molecule has 29 heavy (non-hydrogen) atoms. The number of thiocarbonyl (C=S) groups is 1. The Labute approximate surface area is 176 Å². The number of nitrogens with one attached hydrogen (secondary N) is 1. The van der Waals surface area contributed by atoms with Gasteiger partial charge in [0.25, 0.3) is 11.8 Å². The summed E-state index contributed by atoms with van der Waals surface area (Å²) in [7, 11) is 0. The zero-order valence-corrected chi connectivity index (χ0v) is 17.8. The summed E-state index contributed by atoms with van der Waals surface area (Å²) in [6.07, 6.45) is 2.61. The van der Waals surface area contributed by atoms with Crippen molar-refractivity contribution < 1.29 is 14.3 Å². The minimum absolute atomic E-state index is 0.0363. The second-order valence-electron chi connectivity index (χ2n) is 7.15. The molecule has 1 unspecified atom stereocenters. The molecular weight excluding hydrogens is 384 g/mol. The highest BCUT2D eigenvalue weighted by molar-refractivity contribution is 7.80. The van der Waals surface area contributed by atoms with Crippen LogP contribution in [0.25, 0.3) is 6.08 Å². The van der Waals surface area contributed by atoms with Crippen molar-refractivity contribution in [3.05, 3.63) is 64.7 Å². The van der Waals surface area contributed by atoms with Crippen molar-refractivity contribution >= 4 is 40.9 Å². The van der Waals surface area contributed by atoms with E-state index in [1.54, 1.807) is 6.08 Å². The van der Waals surface area contributed by atoms with E-state index in [1.165, 1.54) is 4.90 Å². The van der Waals surface area contributed by atoms with Crippen molar-refractivity contribution in [2.24, 2.45) is 0 Å². The van der Waals surface area contributed by atoms with Gasteiger partial charge in [0.05, 0.1) is 11.8 Å². The smallest absolute Gasteiger partial charge is 0.270 e. The predicted molar refractivity (Wildman–Crippen MR) is 119 cm³/mol. The van der Waals surface area contributed by atoms with Crippen molar-refractivity contribution in [1.29, 1.82) is 0 Å². The Bertz CT molecular complexity index is 996. The van der Waals surface area contributed by atoms with Gasteiger partial charge in [-0.25, -0.2) is 0 Å². The maximum Gasteiger partial charge on any atom is 0.270 e. The first-order valence-electron chi connectivity index (χ1n) is 9.55. The van der Waals surface area contributed by atoms with E-state index in [4.69, 9.17) is 17.0 Å². The summed E-state index contributed by atoms with van der Waals surface area (Å²) < 4.78 is 5.77. The predicted octanol–water partition coefficient (Wildman–Crippen LogP) is 4.31. The van der Waals surface area contributed by atoms with Gasteiger partial charge in [-0.05, 0) is 74.8 Å². The normalized spacial score (nSPS) is 16.8. The molecule has 0 bridgehead atoms. The lowest BCUT2D eigenvalue weighted by Crippen LogP contribution is -2.54. The lowest BCUT2D eigenvalue weighted by Gasteiger charge is -2.30. The number of hydrogen-bond acceptors (Lipinski definition) is 4. The number of benzene rings is 2. The van der Waals surface area contributed by atoms with Crippen molar-refractivity contribution in [2.45, 2.75) is 40.2 Å². The molecule has 0 aliphatic carbocycles. The van der Waals surface area contributed by atoms with E-state index in [-0.39, 0.29) is 16.8 Å². The summed E-state index contributed by atoms with van der Waals surface area (Å²) in [6, 6.07) is 13.0. The van der Waals surface area contributed by atoms with Gasteiger partial charge in [0.15, 0.2) is 5.11 Å². The van der Waals surface area contributed by atoms with Crippen LogP contribution in [-0.2, 0) is 9.59 Å². The third kappa shape index (κ3) is 4.54. The van der Waals surface area contributed by atoms with Crippen LogP contribution in [0.15, 0.2) is 48.0 Å². The average molecular weight is 409 g/mol. The first kappa shape index (κ1) is 20.7. The molecule has 1 aliphatic heterocycles. The largest absolute Gasteiger partial charge is 0.491 e. The average Bonchev–Trinajstić information content (AvgIpc) is 2.67. The van der Waals surface area contributed by atoms with Gasteiger partial charge in [0, 0.05) is 0 Å². The summed E-state index contributed by atoms with van der Waals surface area (Å²) in [4.78, 5) is 26.9. The summed E-state index contributed by atoms with van der Waals surface area (Å²) >= 11 is 5.27. The summed E-state index contributed by atoms with van der Waals surface area (Å²) in [5.74, 6) is -0.189. The summed E-state index contributed by atoms with van der Waals surface area (Å²) in [5, 5.41) is 2.70. The van der Waals surface area contributed by atoms with Crippen molar-refractivity contribution in [2.75, 3.05) is 4.90 Å². The van der Waals surface area contributed by atoms with E-state index in [9.17, 15) is 9.59 Å². The topological polar surface area (TPSA) is 58.6 Å². The zero-order chi connectivity index (χ0) is 21.1. The van der Waals surface area contributed by atoms with Crippen LogP contribution in [0.4, 0.5) is 5.69 Å². The highest BCUT2D eigenvalue weighted by Crippen LogP contribution is 2.26. The van der Waals surface area contributed by atoms with Crippen LogP contribution in [0.5, 0.6) is 5.75 Å². The Morgan fingerprint density at radius 1 is 1.14 bits per heavy atom. The lowest BCUT2D eigenvalue weighted by molar-refractivity contribution is -0.122. The molecule has 5 nitrogen and oxygen atoms in total. The zero-order valence-electron chi connectivity index (χ0n) is 17.0. The SMILES string of the molecule is CCC(C)Oc1ccc(/C=C2\C(=O)NC(=S)N(c3ccc(C)cc3C)C2=O)cc1. The molecular formula is C23H24N2O3S. The number of amides is 2. The Balaban J connectivity index is 1.91. The third-order valence-electron chi connectivity index (χ3n) is 4.80. The number of hydrogen-bond donors (Lipinski definition) is 1. The van der Waals surface area contributed by atoms with Crippen LogP contribution in [0.1, 0.15) is 37.0 Å². The summed E-state index contributed by atoms with van der Waals surface area (Å²) in [6.45, 7) is 7.96. The van der Waals surface area contributed by atoms with Crippen molar-refractivity contribution in [3.63, 3.8) is 0 Å². The molecule has 2 aromatic rings. The molecule has 150 valence electrons. The third-order valence-corrected chi connectivity index (χ3v) is 5.08. The Morgan fingerprint density at radius 2 is 1.83 bits per heavy atom. The number of ether oxygens (including phenoxy) is 1. The fraction of sp³-hybridized carbons (Fsp3) is 0.261. The molecule has 6 heteroatoms. The number of anilines is 1. The monoisotopic (exact) mass is 408 g/mol. The van der Waals surface area contributed by atoms with Gasteiger partial charge in [0.2, 0.25) is 0 Å². The number of carbonyl (C=O) groups excluding carboxylic acids is 2. The Hall–Kier alpha value is -2.99. The molecule has 1 N–H and O–H groups in total. The molecule has 3 rings (SSSR count). The molecule has 1 fully saturated rings. The van der Waals surface area contributed by atoms with Crippen LogP contribution in [-0.4, -0.2) is 23.0 Å². The number of aryl methyl sites for hydroxylation is 2. The molecule has 2 amide bonds. The van der Waals surface area contributed by atoms with Gasteiger partial charge in [-0.3, -0.25) is 19.8 Å². The fourth-order valence-corrected chi connectivity index (χ4v) is 3.33. The second-order valence-corrected chi connectivity index (χ2v) is 7.54. The molecule has 1 heterocycles. The van der Waals surface area contributed by atoms with Gasteiger partial charge in [-0.1, -0.05) is 36.8 Å². The van der Waals surface area contributed by atoms with Crippen molar-refractivity contribution in [3.8, 4) is 5.75 Å². The standard InChI is InChI=1S/C23H24N2O3S/c1-5-16(4)28-18-9-7-17(8-10-18)13-19-21(26)24-23(29)25(22(19)27)20-11-6-14(2)12-15(20)3/h6-13,16H,5H2,1-4H3,(H,24,26,29)/b19-13+. The summed E-state index contributed by atoms with van der Waals surface area (Å²) in [5.41, 5.74) is 3.42. The van der Waals surface area contributed by atoms with Crippen LogP contribution >= 0.6 is 12.2 Å². The fourth-order valence-electron chi connectivity index (χ4n) is 3.06. The highest BCUT2D eigenvalue weighted by Gasteiger charge is 2.35. The Morgan fingerprint density at radius 3 is 2.45 bits per heavy atom. The maximum atomic E-state index is 13.1. The molecule has 1 aliphatic rings. The van der Waals surface area contributed by atoms with E-state index >= 15 is 0 Å². The molecule has 1 atom stereocenters. The maximum absolute atomic E-state index is 13.1. The van der Waals surface area contributed by atoms with E-state index in [0.29, 0.717) is 5.69 Å². The van der Waals surface area contributed by atoms with E-state index in [0.717, 1.165) is 28.9 Å². The minimum Gasteiger partial charge on any atom is -0.491 e. The van der Waals surface area contributed by atoms with Crippen LogP contribution in [0.3, 0.4) is 0 Å². The molecule has 0 radical (unpaired) electrons. The molecule has 1 saturated heterocycles. The van der Waals surface area contributed by atoms with E-state index in [2.05, 4.69) is 12.2 Å². The van der Waals surface area contributed by atoms with Crippen LogP contribution in [0.2, 0.25) is 0 Å². The van der Waals surface area contributed by atoms with Gasteiger partial charge in [-0.15, -0.1) is 0 Å². The van der Waals surface area contributed by atoms with Crippen molar-refractivity contribution in [1.82, 2.24) is 5.32 Å². The van der Waals surface area contributed by atoms with E-state index < -0.39 is 11.8 Å². The van der Waals surface area contributed by atoms with Gasteiger partial charge in [-0.2, -0.15) is 0 Å². The Kier molecular flexibility index (Phi) is 6.13. The molecule has 2 aromatic carbocycles. The van der Waals surface area contributed by atoms with Gasteiger partial charge in [0.1, 0.15) is 11.3 Å².